The van der Waals surface area contributed by atoms with E-state index in [1.807, 2.05) is 0 Å². The van der Waals surface area contributed by atoms with Crippen molar-refractivity contribution in [3.8, 4) is 0 Å². The second kappa shape index (κ2) is 4.24. The zero-order valence-electron chi connectivity index (χ0n) is 7.23. The van der Waals surface area contributed by atoms with Crippen LogP contribution < -0.4 is 0 Å². The number of esters is 1. The van der Waals surface area contributed by atoms with Gasteiger partial charge in [0.25, 0.3) is 0 Å². The summed E-state index contributed by atoms with van der Waals surface area (Å²) < 4.78 is 17.1. The average molecular weight is 172 g/mol. The molecular formula is C9H13FO2. The van der Waals surface area contributed by atoms with Gasteiger partial charge in [-0.2, -0.15) is 0 Å². The zero-order chi connectivity index (χ0) is 8.97. The molecule has 1 rings (SSSR count). The molecule has 0 saturated carbocycles. The molecule has 12 heavy (non-hydrogen) atoms. The molecule has 0 unspecified atom stereocenters. The summed E-state index contributed by atoms with van der Waals surface area (Å²) in [4.78, 5) is 11.2. The predicted octanol–water partition coefficient (Wildman–Crippen LogP) is 2.00. The number of rotatable bonds is 3. The number of ether oxygens (including phenoxy) is 1. The Bertz CT molecular complexity index is 209. The third kappa shape index (κ3) is 1.84. The third-order valence-electron chi connectivity index (χ3n) is 2.02. The predicted molar refractivity (Wildman–Crippen MR) is 43.5 cm³/mol. The van der Waals surface area contributed by atoms with Crippen molar-refractivity contribution in [3.63, 3.8) is 0 Å². The molecule has 0 bridgehead atoms. The van der Waals surface area contributed by atoms with E-state index in [0.717, 1.165) is 6.42 Å². The minimum Gasteiger partial charge on any atom is -0.463 e. The molecule has 2 nitrogen and oxygen atoms in total. The number of carbonyl (C=O) groups is 1. The SMILES string of the molecule is CCOC(=O)C1=C(CF)CCC1. The second-order valence-electron chi connectivity index (χ2n) is 2.79. The molecule has 0 amide bonds. The van der Waals surface area contributed by atoms with E-state index in [4.69, 9.17) is 4.74 Å². The van der Waals surface area contributed by atoms with Gasteiger partial charge in [-0.15, -0.1) is 0 Å². The summed E-state index contributed by atoms with van der Waals surface area (Å²) in [6.45, 7) is 1.61. The lowest BCUT2D eigenvalue weighted by molar-refractivity contribution is -0.138. The first-order valence-electron chi connectivity index (χ1n) is 4.23. The molecule has 0 saturated heterocycles. The molecule has 0 radical (unpaired) electrons. The van der Waals surface area contributed by atoms with Gasteiger partial charge in [0.1, 0.15) is 6.67 Å². The summed E-state index contributed by atoms with van der Waals surface area (Å²) in [6.07, 6.45) is 2.27. The molecule has 0 aromatic carbocycles. The number of carbonyl (C=O) groups excluding carboxylic acids is 1. The molecule has 1 aliphatic carbocycles. The van der Waals surface area contributed by atoms with Gasteiger partial charge < -0.3 is 4.74 Å². The van der Waals surface area contributed by atoms with Crippen LogP contribution in [0.15, 0.2) is 11.1 Å². The quantitative estimate of drug-likeness (QED) is 0.608. The number of hydrogen-bond acceptors (Lipinski definition) is 2. The summed E-state index contributed by atoms with van der Waals surface area (Å²) >= 11 is 0. The van der Waals surface area contributed by atoms with Crippen LogP contribution in [0.5, 0.6) is 0 Å². The highest BCUT2D eigenvalue weighted by atomic mass is 19.1. The van der Waals surface area contributed by atoms with E-state index in [1.165, 1.54) is 0 Å². The lowest BCUT2D eigenvalue weighted by Crippen LogP contribution is -2.07. The molecule has 1 aliphatic rings. The Hall–Kier alpha value is -0.860. The fraction of sp³-hybridized carbons (Fsp3) is 0.667. The van der Waals surface area contributed by atoms with Crippen LogP contribution in [0.25, 0.3) is 0 Å². The normalized spacial score (nSPS) is 16.8. The van der Waals surface area contributed by atoms with Crippen molar-refractivity contribution in [1.82, 2.24) is 0 Å². The topological polar surface area (TPSA) is 26.3 Å². The van der Waals surface area contributed by atoms with Crippen molar-refractivity contribution in [2.75, 3.05) is 13.3 Å². The van der Waals surface area contributed by atoms with Crippen LogP contribution >= 0.6 is 0 Å². The van der Waals surface area contributed by atoms with Gasteiger partial charge in [-0.1, -0.05) is 0 Å². The summed E-state index contributed by atoms with van der Waals surface area (Å²) in [5, 5.41) is 0. The Morgan fingerprint density at radius 3 is 2.92 bits per heavy atom. The largest absolute Gasteiger partial charge is 0.463 e. The maximum Gasteiger partial charge on any atom is 0.334 e. The van der Waals surface area contributed by atoms with Gasteiger partial charge in [0.2, 0.25) is 0 Å². The molecule has 0 atom stereocenters. The molecule has 0 fully saturated rings. The first-order valence-corrected chi connectivity index (χ1v) is 4.23. The average Bonchev–Trinajstić information content (AvgIpc) is 2.51. The molecule has 0 spiro atoms. The Balaban J connectivity index is 2.65. The van der Waals surface area contributed by atoms with E-state index >= 15 is 0 Å². The lowest BCUT2D eigenvalue weighted by atomic mass is 10.2. The molecule has 68 valence electrons. The first kappa shape index (κ1) is 9.23. The number of hydrogen-bond donors (Lipinski definition) is 0. The van der Waals surface area contributed by atoms with Gasteiger partial charge in [-0.05, 0) is 31.8 Å². The molecule has 3 heteroatoms. The fourth-order valence-corrected chi connectivity index (χ4v) is 1.42. The zero-order valence-corrected chi connectivity index (χ0v) is 7.23. The Labute approximate surface area is 71.4 Å². The second-order valence-corrected chi connectivity index (χ2v) is 2.79. The Morgan fingerprint density at radius 1 is 1.58 bits per heavy atom. The van der Waals surface area contributed by atoms with Gasteiger partial charge in [0.15, 0.2) is 0 Å². The van der Waals surface area contributed by atoms with Crippen molar-refractivity contribution in [1.29, 1.82) is 0 Å². The van der Waals surface area contributed by atoms with Crippen molar-refractivity contribution < 1.29 is 13.9 Å². The van der Waals surface area contributed by atoms with Crippen molar-refractivity contribution >= 4 is 5.97 Å². The van der Waals surface area contributed by atoms with E-state index in [0.29, 0.717) is 30.6 Å². The maximum atomic E-state index is 12.3. The maximum absolute atomic E-state index is 12.3. The third-order valence-corrected chi connectivity index (χ3v) is 2.02. The standard InChI is InChI=1S/C9H13FO2/c1-2-12-9(11)8-5-3-4-7(8)6-10/h2-6H2,1H3. The minimum absolute atomic E-state index is 0.331. The smallest absolute Gasteiger partial charge is 0.334 e. The van der Waals surface area contributed by atoms with Crippen molar-refractivity contribution in [3.05, 3.63) is 11.1 Å². The monoisotopic (exact) mass is 172 g/mol. The highest BCUT2D eigenvalue weighted by Gasteiger charge is 2.21. The molecule has 0 aromatic rings. The van der Waals surface area contributed by atoms with Crippen LogP contribution in [0.2, 0.25) is 0 Å². The molecule has 0 aromatic heterocycles. The van der Waals surface area contributed by atoms with Crippen molar-refractivity contribution in [2.24, 2.45) is 0 Å². The Kier molecular flexibility index (Phi) is 3.26. The van der Waals surface area contributed by atoms with Crippen LogP contribution in [0.4, 0.5) is 4.39 Å². The van der Waals surface area contributed by atoms with Gasteiger partial charge in [0.05, 0.1) is 6.61 Å². The molecular weight excluding hydrogens is 159 g/mol. The van der Waals surface area contributed by atoms with Crippen molar-refractivity contribution in [2.45, 2.75) is 26.2 Å². The molecule has 0 heterocycles. The number of alkyl halides is 1. The highest BCUT2D eigenvalue weighted by Crippen LogP contribution is 2.26. The fourth-order valence-electron chi connectivity index (χ4n) is 1.42. The molecule has 0 aliphatic heterocycles. The van der Waals surface area contributed by atoms with Crippen LogP contribution in [0.3, 0.4) is 0 Å². The van der Waals surface area contributed by atoms with Gasteiger partial charge >= 0.3 is 5.97 Å². The van der Waals surface area contributed by atoms with E-state index in [-0.39, 0.29) is 5.97 Å². The Morgan fingerprint density at radius 2 is 2.33 bits per heavy atom. The summed E-state index contributed by atoms with van der Waals surface area (Å²) in [7, 11) is 0. The summed E-state index contributed by atoms with van der Waals surface area (Å²) in [6, 6.07) is 0. The van der Waals surface area contributed by atoms with E-state index in [1.54, 1.807) is 6.92 Å². The van der Waals surface area contributed by atoms with Gasteiger partial charge in [-0.25, -0.2) is 9.18 Å². The minimum atomic E-state index is -0.506. The van der Waals surface area contributed by atoms with Crippen LogP contribution in [0.1, 0.15) is 26.2 Å². The number of allylic oxidation sites excluding steroid dienone is 1. The van der Waals surface area contributed by atoms with E-state index in [9.17, 15) is 9.18 Å². The van der Waals surface area contributed by atoms with E-state index in [2.05, 4.69) is 0 Å². The first-order chi connectivity index (χ1) is 5.79. The van der Waals surface area contributed by atoms with Gasteiger partial charge in [-0.3, -0.25) is 0 Å². The summed E-state index contributed by atoms with van der Waals surface area (Å²) in [5.74, 6) is -0.331. The highest BCUT2D eigenvalue weighted by molar-refractivity contribution is 5.89. The summed E-state index contributed by atoms with van der Waals surface area (Å²) in [5.41, 5.74) is 1.20. The number of halogens is 1. The van der Waals surface area contributed by atoms with Gasteiger partial charge in [0, 0.05) is 5.57 Å². The molecule has 0 N–H and O–H groups in total. The lowest BCUT2D eigenvalue weighted by Gasteiger charge is -2.03. The van der Waals surface area contributed by atoms with Crippen LogP contribution in [0, 0.1) is 0 Å². The van der Waals surface area contributed by atoms with Crippen LogP contribution in [-0.4, -0.2) is 19.3 Å². The van der Waals surface area contributed by atoms with E-state index < -0.39 is 6.67 Å². The van der Waals surface area contributed by atoms with Crippen LogP contribution in [-0.2, 0) is 9.53 Å².